The monoisotopic (exact) mass is 231 g/mol. The molecule has 0 aliphatic heterocycles. The van der Waals surface area contributed by atoms with Crippen LogP contribution in [0.25, 0.3) is 0 Å². The topological polar surface area (TPSA) is 37.4 Å². The fourth-order valence-electron chi connectivity index (χ4n) is 1.27. The first kappa shape index (κ1) is 14.4. The normalized spacial score (nSPS) is 11.6. The Labute approximate surface area is 93.5 Å². The average Bonchev–Trinajstić information content (AvgIpc) is 2.14. The fourth-order valence-corrected chi connectivity index (χ4v) is 2.19. The van der Waals surface area contributed by atoms with Crippen molar-refractivity contribution < 1.29 is 8.42 Å². The fraction of sp³-hybridized carbons (Fsp3) is 0.636. The summed E-state index contributed by atoms with van der Waals surface area (Å²) >= 11 is 0. The summed E-state index contributed by atoms with van der Waals surface area (Å²) in [5, 5.41) is 0. The van der Waals surface area contributed by atoms with E-state index in [0.717, 1.165) is 25.7 Å². The van der Waals surface area contributed by atoms with Crippen molar-refractivity contribution in [3.63, 3.8) is 0 Å². The summed E-state index contributed by atoms with van der Waals surface area (Å²) in [6.07, 6.45) is 8.26. The molecule has 15 heavy (non-hydrogen) atoms. The van der Waals surface area contributed by atoms with Crippen molar-refractivity contribution in [1.29, 1.82) is 0 Å². The zero-order chi connectivity index (χ0) is 11.7. The van der Waals surface area contributed by atoms with Gasteiger partial charge >= 0.3 is 0 Å². The molecule has 0 saturated heterocycles. The lowest BCUT2D eigenvalue weighted by Crippen LogP contribution is -2.31. The summed E-state index contributed by atoms with van der Waals surface area (Å²) in [6, 6.07) is 0. The predicted octanol–water partition coefficient (Wildman–Crippen LogP) is 2.18. The Kier molecular flexibility index (Phi) is 7.34. The summed E-state index contributed by atoms with van der Waals surface area (Å²) in [5.41, 5.74) is 0. The molecule has 0 amide bonds. The highest BCUT2D eigenvalue weighted by molar-refractivity contribution is 7.88. The molecule has 0 bridgehead atoms. The minimum absolute atomic E-state index is 0.585. The third-order valence-electron chi connectivity index (χ3n) is 2.10. The third kappa shape index (κ3) is 7.33. The number of sulfonamides is 1. The summed E-state index contributed by atoms with van der Waals surface area (Å²) in [4.78, 5) is 0. The van der Waals surface area contributed by atoms with E-state index in [4.69, 9.17) is 0 Å². The van der Waals surface area contributed by atoms with Crippen molar-refractivity contribution >= 4 is 10.0 Å². The Balaban J connectivity index is 4.07. The minimum Gasteiger partial charge on any atom is -0.213 e. The first-order chi connectivity index (χ1) is 7.02. The highest BCUT2D eigenvalue weighted by atomic mass is 32.2. The molecule has 0 spiro atoms. The van der Waals surface area contributed by atoms with Crippen molar-refractivity contribution in [3.8, 4) is 0 Å². The second-order valence-corrected chi connectivity index (χ2v) is 5.51. The van der Waals surface area contributed by atoms with Gasteiger partial charge < -0.3 is 0 Å². The van der Waals surface area contributed by atoms with Gasteiger partial charge in [0.05, 0.1) is 6.26 Å². The van der Waals surface area contributed by atoms with Crippen molar-refractivity contribution in [2.45, 2.75) is 25.7 Å². The van der Waals surface area contributed by atoms with Crippen molar-refractivity contribution in [3.05, 3.63) is 25.3 Å². The second-order valence-electron chi connectivity index (χ2n) is 3.52. The SMILES string of the molecule is C=CCCCN(CCCC=C)S(C)(=O)=O. The van der Waals surface area contributed by atoms with E-state index in [-0.39, 0.29) is 0 Å². The van der Waals surface area contributed by atoms with Crippen LogP contribution >= 0.6 is 0 Å². The summed E-state index contributed by atoms with van der Waals surface area (Å²) in [6.45, 7) is 8.40. The molecule has 3 nitrogen and oxygen atoms in total. The maximum atomic E-state index is 11.4. The van der Waals surface area contributed by atoms with Gasteiger partial charge in [0, 0.05) is 13.1 Å². The van der Waals surface area contributed by atoms with Gasteiger partial charge in [0.2, 0.25) is 10.0 Å². The Bertz CT molecular complexity index is 269. The predicted molar refractivity (Wildman–Crippen MR) is 65.3 cm³/mol. The molecule has 88 valence electrons. The van der Waals surface area contributed by atoms with Gasteiger partial charge in [-0.05, 0) is 25.7 Å². The van der Waals surface area contributed by atoms with Crippen LogP contribution in [0.15, 0.2) is 25.3 Å². The summed E-state index contributed by atoms with van der Waals surface area (Å²) in [5.74, 6) is 0. The van der Waals surface area contributed by atoms with Gasteiger partial charge in [-0.1, -0.05) is 12.2 Å². The Hall–Kier alpha value is -0.610. The molecule has 4 heteroatoms. The van der Waals surface area contributed by atoms with Crippen LogP contribution in [0.5, 0.6) is 0 Å². The molecule has 0 aliphatic rings. The maximum Gasteiger partial charge on any atom is 0.211 e. The van der Waals surface area contributed by atoms with Gasteiger partial charge in [0.25, 0.3) is 0 Å². The number of rotatable bonds is 9. The smallest absolute Gasteiger partial charge is 0.211 e. The zero-order valence-corrected chi connectivity index (χ0v) is 10.3. The first-order valence-electron chi connectivity index (χ1n) is 5.19. The highest BCUT2D eigenvalue weighted by Gasteiger charge is 2.14. The highest BCUT2D eigenvalue weighted by Crippen LogP contribution is 2.04. The number of unbranched alkanes of at least 4 members (excludes halogenated alkanes) is 2. The van der Waals surface area contributed by atoms with E-state index in [1.165, 1.54) is 10.6 Å². The van der Waals surface area contributed by atoms with E-state index in [1.54, 1.807) is 0 Å². The second kappa shape index (κ2) is 7.65. The molecule has 0 heterocycles. The molecule has 0 rings (SSSR count). The van der Waals surface area contributed by atoms with Gasteiger partial charge in [-0.2, -0.15) is 0 Å². The van der Waals surface area contributed by atoms with Crippen LogP contribution in [0, 0.1) is 0 Å². The van der Waals surface area contributed by atoms with Crippen molar-refractivity contribution in [2.24, 2.45) is 0 Å². The molecular weight excluding hydrogens is 210 g/mol. The van der Waals surface area contributed by atoms with Gasteiger partial charge in [-0.15, -0.1) is 13.2 Å². The van der Waals surface area contributed by atoms with Crippen LogP contribution in [-0.4, -0.2) is 32.1 Å². The minimum atomic E-state index is -3.06. The number of hydrogen-bond donors (Lipinski definition) is 0. The van der Waals surface area contributed by atoms with Crippen LogP contribution in [0.3, 0.4) is 0 Å². The van der Waals surface area contributed by atoms with E-state index >= 15 is 0 Å². The van der Waals surface area contributed by atoms with E-state index < -0.39 is 10.0 Å². The molecule has 0 aliphatic carbocycles. The number of hydrogen-bond acceptors (Lipinski definition) is 2. The van der Waals surface area contributed by atoms with Gasteiger partial charge in [-0.25, -0.2) is 12.7 Å². The molecule has 0 unspecified atom stereocenters. The third-order valence-corrected chi connectivity index (χ3v) is 3.40. The molecule has 0 saturated carbocycles. The Morgan fingerprint density at radius 3 is 1.73 bits per heavy atom. The lowest BCUT2D eigenvalue weighted by molar-refractivity contribution is 0.404. The maximum absolute atomic E-state index is 11.4. The van der Waals surface area contributed by atoms with E-state index in [1.807, 2.05) is 12.2 Å². The standard InChI is InChI=1S/C11H21NO2S/c1-4-6-8-10-12(15(3,13)14)11-9-7-5-2/h4-5H,1-2,6-11H2,3H3. The molecular formula is C11H21NO2S. The van der Waals surface area contributed by atoms with Crippen molar-refractivity contribution in [2.75, 3.05) is 19.3 Å². The molecule has 0 atom stereocenters. The van der Waals surface area contributed by atoms with Crippen LogP contribution in [0.4, 0.5) is 0 Å². The average molecular weight is 231 g/mol. The van der Waals surface area contributed by atoms with Gasteiger partial charge in [-0.3, -0.25) is 0 Å². The summed E-state index contributed by atoms with van der Waals surface area (Å²) < 4.78 is 24.3. The summed E-state index contributed by atoms with van der Waals surface area (Å²) in [7, 11) is -3.06. The van der Waals surface area contributed by atoms with Crippen LogP contribution < -0.4 is 0 Å². The Morgan fingerprint density at radius 2 is 1.47 bits per heavy atom. The zero-order valence-electron chi connectivity index (χ0n) is 9.48. The number of allylic oxidation sites excluding steroid dienone is 2. The molecule has 0 aromatic heterocycles. The van der Waals surface area contributed by atoms with E-state index in [0.29, 0.717) is 13.1 Å². The Morgan fingerprint density at radius 1 is 1.07 bits per heavy atom. The largest absolute Gasteiger partial charge is 0.213 e. The van der Waals surface area contributed by atoms with E-state index in [9.17, 15) is 8.42 Å². The molecule has 0 fully saturated rings. The lowest BCUT2D eigenvalue weighted by atomic mass is 10.3. The first-order valence-corrected chi connectivity index (χ1v) is 7.04. The lowest BCUT2D eigenvalue weighted by Gasteiger charge is -2.19. The van der Waals surface area contributed by atoms with Gasteiger partial charge in [0.15, 0.2) is 0 Å². The van der Waals surface area contributed by atoms with E-state index in [2.05, 4.69) is 13.2 Å². The molecule has 0 aromatic rings. The van der Waals surface area contributed by atoms with Crippen LogP contribution in [-0.2, 0) is 10.0 Å². The van der Waals surface area contributed by atoms with Crippen LogP contribution in [0.1, 0.15) is 25.7 Å². The van der Waals surface area contributed by atoms with Crippen molar-refractivity contribution in [1.82, 2.24) is 4.31 Å². The number of nitrogens with zero attached hydrogens (tertiary/aromatic N) is 1. The molecule has 0 N–H and O–H groups in total. The van der Waals surface area contributed by atoms with Crippen LogP contribution in [0.2, 0.25) is 0 Å². The quantitative estimate of drug-likeness (QED) is 0.450. The molecule has 0 aromatic carbocycles. The van der Waals surface area contributed by atoms with Gasteiger partial charge in [0.1, 0.15) is 0 Å². The molecule has 0 radical (unpaired) electrons.